The number of unbranched alkanes of at least 4 members (excludes halogenated alkanes) is 1. The molecule has 1 heterocycles. The molecule has 120 valence electrons. The van der Waals surface area contributed by atoms with Gasteiger partial charge >= 0.3 is 0 Å². The van der Waals surface area contributed by atoms with Gasteiger partial charge in [-0.1, -0.05) is 39.0 Å². The van der Waals surface area contributed by atoms with Crippen LogP contribution in [-0.2, 0) is 13.5 Å². The highest BCUT2D eigenvalue weighted by molar-refractivity contribution is 5.10. The lowest BCUT2D eigenvalue weighted by Crippen LogP contribution is -2.44. The highest BCUT2D eigenvalue weighted by Gasteiger charge is 2.27. The summed E-state index contributed by atoms with van der Waals surface area (Å²) in [4.78, 5) is 0. The number of nitrogens with zero attached hydrogens (tertiary/aromatic N) is 2. The van der Waals surface area contributed by atoms with Gasteiger partial charge in [0.05, 0.1) is 5.69 Å². The van der Waals surface area contributed by atoms with Gasteiger partial charge < -0.3 is 0 Å². The van der Waals surface area contributed by atoms with E-state index < -0.39 is 0 Å². The first kappa shape index (κ1) is 16.5. The molecule has 1 aromatic rings. The van der Waals surface area contributed by atoms with Crippen molar-refractivity contribution in [2.75, 3.05) is 0 Å². The number of hydrogen-bond donors (Lipinski definition) is 2. The van der Waals surface area contributed by atoms with Crippen molar-refractivity contribution in [1.29, 1.82) is 0 Å². The molecule has 0 bridgehead atoms. The minimum absolute atomic E-state index is 0.381. The van der Waals surface area contributed by atoms with Gasteiger partial charge in [-0.3, -0.25) is 16.0 Å². The van der Waals surface area contributed by atoms with Gasteiger partial charge in [-0.05, 0) is 37.7 Å². The van der Waals surface area contributed by atoms with Gasteiger partial charge in [-0.2, -0.15) is 5.10 Å². The Kier molecular flexibility index (Phi) is 6.24. The van der Waals surface area contributed by atoms with Gasteiger partial charge in [0.15, 0.2) is 0 Å². The van der Waals surface area contributed by atoms with Crippen LogP contribution in [0.4, 0.5) is 0 Å². The maximum atomic E-state index is 5.84. The third kappa shape index (κ3) is 4.55. The van der Waals surface area contributed by atoms with Crippen molar-refractivity contribution in [2.24, 2.45) is 24.7 Å². The molecular weight excluding hydrogens is 260 g/mol. The molecule has 21 heavy (non-hydrogen) atoms. The van der Waals surface area contributed by atoms with Gasteiger partial charge in [-0.15, -0.1) is 0 Å². The van der Waals surface area contributed by atoms with E-state index in [9.17, 15) is 0 Å². The van der Waals surface area contributed by atoms with E-state index in [0.717, 1.165) is 18.0 Å². The molecule has 0 amide bonds. The molecule has 4 nitrogen and oxygen atoms in total. The average Bonchev–Trinajstić information content (AvgIpc) is 2.81. The standard InChI is InChI=1S/C17H32N4/c1-4-5-6-14-7-9-15(10-8-14)17(19-18)12-16-11-13(2)20-21(16)3/h11,14-15,17,19H,4-10,12,18H2,1-3H3. The largest absolute Gasteiger partial charge is 0.272 e. The van der Waals surface area contributed by atoms with Crippen LogP contribution in [0.5, 0.6) is 0 Å². The smallest absolute Gasteiger partial charge is 0.0596 e. The van der Waals surface area contributed by atoms with Crippen LogP contribution < -0.4 is 11.3 Å². The van der Waals surface area contributed by atoms with Crippen molar-refractivity contribution in [3.05, 3.63) is 17.5 Å². The van der Waals surface area contributed by atoms with E-state index in [1.54, 1.807) is 0 Å². The van der Waals surface area contributed by atoms with Crippen molar-refractivity contribution in [3.63, 3.8) is 0 Å². The lowest BCUT2D eigenvalue weighted by atomic mass is 9.76. The first-order chi connectivity index (χ1) is 10.1. The average molecular weight is 292 g/mol. The number of aryl methyl sites for hydroxylation is 2. The van der Waals surface area contributed by atoms with Gasteiger partial charge in [0.2, 0.25) is 0 Å². The summed E-state index contributed by atoms with van der Waals surface area (Å²) in [5.74, 6) is 7.51. The number of rotatable bonds is 7. The maximum Gasteiger partial charge on any atom is 0.0596 e. The Morgan fingerprint density at radius 2 is 2.10 bits per heavy atom. The quantitative estimate of drug-likeness (QED) is 0.600. The molecule has 1 unspecified atom stereocenters. The fourth-order valence-electron chi connectivity index (χ4n) is 3.81. The maximum absolute atomic E-state index is 5.84. The van der Waals surface area contributed by atoms with E-state index in [0.29, 0.717) is 12.0 Å². The highest BCUT2D eigenvalue weighted by atomic mass is 15.3. The number of aromatic nitrogens is 2. The molecule has 0 saturated heterocycles. The van der Waals surface area contributed by atoms with Crippen LogP contribution in [0, 0.1) is 18.8 Å². The molecule has 0 spiro atoms. The Labute approximate surface area is 129 Å². The van der Waals surface area contributed by atoms with Crippen LogP contribution >= 0.6 is 0 Å². The molecule has 0 aliphatic heterocycles. The van der Waals surface area contributed by atoms with Crippen LogP contribution in [0.2, 0.25) is 0 Å². The van der Waals surface area contributed by atoms with E-state index in [1.165, 1.54) is 50.6 Å². The summed E-state index contributed by atoms with van der Waals surface area (Å²) in [7, 11) is 2.03. The first-order valence-electron chi connectivity index (χ1n) is 8.59. The number of hydrogen-bond acceptors (Lipinski definition) is 3. The summed E-state index contributed by atoms with van der Waals surface area (Å²) in [6.45, 7) is 4.34. The van der Waals surface area contributed by atoms with Crippen molar-refractivity contribution in [3.8, 4) is 0 Å². The molecule has 0 radical (unpaired) electrons. The number of nitrogens with two attached hydrogens (primary N) is 1. The van der Waals surface area contributed by atoms with Crippen molar-refractivity contribution in [1.82, 2.24) is 15.2 Å². The van der Waals surface area contributed by atoms with Crippen LogP contribution in [0.25, 0.3) is 0 Å². The summed E-state index contributed by atoms with van der Waals surface area (Å²) in [6, 6.07) is 2.56. The molecule has 0 aromatic carbocycles. The van der Waals surface area contributed by atoms with Crippen LogP contribution in [-0.4, -0.2) is 15.8 Å². The van der Waals surface area contributed by atoms with Crippen LogP contribution in [0.1, 0.15) is 63.3 Å². The molecule has 1 fully saturated rings. The summed E-state index contributed by atoms with van der Waals surface area (Å²) in [6.07, 6.45) is 10.5. The molecule has 3 N–H and O–H groups in total. The second-order valence-electron chi connectivity index (χ2n) is 6.80. The van der Waals surface area contributed by atoms with E-state index in [1.807, 2.05) is 18.7 Å². The molecule has 1 aromatic heterocycles. The SMILES string of the molecule is CCCCC1CCC(C(Cc2cc(C)nn2C)NN)CC1. The molecule has 1 atom stereocenters. The number of hydrazine groups is 1. The van der Waals surface area contributed by atoms with Crippen LogP contribution in [0.3, 0.4) is 0 Å². The van der Waals surface area contributed by atoms with E-state index in [-0.39, 0.29) is 0 Å². The predicted octanol–water partition coefficient (Wildman–Crippen LogP) is 3.10. The summed E-state index contributed by atoms with van der Waals surface area (Å²) < 4.78 is 1.99. The molecule has 4 heteroatoms. The Bertz CT molecular complexity index is 418. The lowest BCUT2D eigenvalue weighted by molar-refractivity contribution is 0.210. The van der Waals surface area contributed by atoms with Crippen molar-refractivity contribution in [2.45, 2.75) is 71.3 Å². The molecule has 2 rings (SSSR count). The summed E-state index contributed by atoms with van der Waals surface area (Å²) >= 11 is 0. The topological polar surface area (TPSA) is 55.9 Å². The first-order valence-corrected chi connectivity index (χ1v) is 8.59. The monoisotopic (exact) mass is 292 g/mol. The third-order valence-corrected chi connectivity index (χ3v) is 5.17. The van der Waals surface area contributed by atoms with Gasteiger partial charge in [0, 0.05) is 25.2 Å². The molecule has 1 aliphatic rings. The minimum atomic E-state index is 0.381. The van der Waals surface area contributed by atoms with Gasteiger partial charge in [-0.25, -0.2) is 0 Å². The lowest BCUT2D eigenvalue weighted by Gasteiger charge is -2.33. The Morgan fingerprint density at radius 1 is 1.38 bits per heavy atom. The molecule has 1 aliphatic carbocycles. The Morgan fingerprint density at radius 3 is 2.62 bits per heavy atom. The van der Waals surface area contributed by atoms with E-state index in [4.69, 9.17) is 5.84 Å². The molecule has 1 saturated carbocycles. The zero-order valence-corrected chi connectivity index (χ0v) is 13.9. The Balaban J connectivity index is 1.86. The van der Waals surface area contributed by atoms with Crippen molar-refractivity contribution >= 4 is 0 Å². The zero-order chi connectivity index (χ0) is 15.2. The van der Waals surface area contributed by atoms with Gasteiger partial charge in [0.1, 0.15) is 0 Å². The second kappa shape index (κ2) is 7.95. The van der Waals surface area contributed by atoms with Crippen LogP contribution in [0.15, 0.2) is 6.07 Å². The summed E-state index contributed by atoms with van der Waals surface area (Å²) in [5.41, 5.74) is 5.44. The minimum Gasteiger partial charge on any atom is -0.272 e. The molecular formula is C17H32N4. The highest BCUT2D eigenvalue weighted by Crippen LogP contribution is 2.34. The summed E-state index contributed by atoms with van der Waals surface area (Å²) in [5, 5.41) is 4.44. The zero-order valence-electron chi connectivity index (χ0n) is 13.9. The fraction of sp³-hybridized carbons (Fsp3) is 0.824. The Hall–Kier alpha value is -0.870. The predicted molar refractivity (Wildman–Crippen MR) is 87.7 cm³/mol. The van der Waals surface area contributed by atoms with Gasteiger partial charge in [0.25, 0.3) is 0 Å². The number of nitrogens with one attached hydrogen (secondary N) is 1. The van der Waals surface area contributed by atoms with Crippen molar-refractivity contribution < 1.29 is 0 Å². The second-order valence-corrected chi connectivity index (χ2v) is 6.80. The van der Waals surface area contributed by atoms with E-state index >= 15 is 0 Å². The normalized spacial score (nSPS) is 24.2. The third-order valence-electron chi connectivity index (χ3n) is 5.17. The van der Waals surface area contributed by atoms with E-state index in [2.05, 4.69) is 23.5 Å². The fourth-order valence-corrected chi connectivity index (χ4v) is 3.81.